The number of H-pyrrole nitrogens is 1. The van der Waals surface area contributed by atoms with E-state index in [2.05, 4.69) is 12.2 Å². The van der Waals surface area contributed by atoms with E-state index in [1.165, 1.54) is 0 Å². The summed E-state index contributed by atoms with van der Waals surface area (Å²) < 4.78 is 45.1. The third kappa shape index (κ3) is 2.18. The van der Waals surface area contributed by atoms with Crippen molar-refractivity contribution in [1.29, 1.82) is 0 Å². The summed E-state index contributed by atoms with van der Waals surface area (Å²) in [5.41, 5.74) is -3.71. The lowest BCUT2D eigenvalue weighted by molar-refractivity contribution is -0.113. The van der Waals surface area contributed by atoms with Crippen molar-refractivity contribution in [2.45, 2.75) is 24.1 Å². The van der Waals surface area contributed by atoms with Crippen LogP contribution in [0, 0.1) is 10.5 Å². The molecule has 3 N–H and O–H groups in total. The number of aromatic amines is 1. The summed E-state index contributed by atoms with van der Waals surface area (Å²) in [6, 6.07) is 0. The molecule has 2 rings (SSSR count). The van der Waals surface area contributed by atoms with Crippen LogP contribution in [-0.4, -0.2) is 50.9 Å². The van der Waals surface area contributed by atoms with Gasteiger partial charge in [0.25, 0.3) is 0 Å². The number of ether oxygens (including phenoxy) is 1. The quantitative estimate of drug-likeness (QED) is 0.683. The molecule has 0 radical (unpaired) electrons. The van der Waals surface area contributed by atoms with Crippen molar-refractivity contribution in [3.63, 3.8) is 0 Å². The van der Waals surface area contributed by atoms with Crippen molar-refractivity contribution in [2.24, 2.45) is 0 Å². The Labute approximate surface area is 115 Å². The van der Waals surface area contributed by atoms with E-state index in [1.807, 2.05) is 4.98 Å². The normalized spacial score (nSPS) is 33.5. The van der Waals surface area contributed by atoms with E-state index in [0.717, 1.165) is 0 Å². The van der Waals surface area contributed by atoms with Crippen molar-refractivity contribution >= 4 is 12.2 Å². The molecule has 1 aliphatic heterocycles. The van der Waals surface area contributed by atoms with E-state index in [0.29, 0.717) is 10.8 Å². The van der Waals surface area contributed by atoms with Crippen LogP contribution in [0.25, 0.3) is 0 Å². The molecule has 0 amide bonds. The highest BCUT2D eigenvalue weighted by molar-refractivity contribution is 7.71. The number of nitrogens with zero attached hydrogens (tertiary/aromatic N) is 1. The van der Waals surface area contributed by atoms with Gasteiger partial charge in [-0.3, -0.25) is 9.55 Å². The Balaban J connectivity index is 2.54. The van der Waals surface area contributed by atoms with Gasteiger partial charge in [-0.1, -0.05) is 12.2 Å². The van der Waals surface area contributed by atoms with E-state index in [1.54, 1.807) is 0 Å². The van der Waals surface area contributed by atoms with Crippen LogP contribution >= 0.6 is 12.2 Å². The predicted octanol–water partition coefficient (Wildman–Crippen LogP) is -0.0266. The Bertz CT molecular complexity index is 621. The minimum Gasteiger partial charge on any atom is -0.394 e. The zero-order chi connectivity index (χ0) is 15.1. The summed E-state index contributed by atoms with van der Waals surface area (Å²) in [5.74, 6) is -1.02. The van der Waals surface area contributed by atoms with Crippen molar-refractivity contribution in [1.82, 2.24) is 9.55 Å². The fourth-order valence-electron chi connectivity index (χ4n) is 2.03. The Hall–Kier alpha value is -1.23. The van der Waals surface area contributed by atoms with Gasteiger partial charge < -0.3 is 14.9 Å². The largest absolute Gasteiger partial charge is 0.394 e. The predicted molar refractivity (Wildman–Crippen MR) is 62.7 cm³/mol. The van der Waals surface area contributed by atoms with E-state index in [9.17, 15) is 23.1 Å². The van der Waals surface area contributed by atoms with Gasteiger partial charge in [-0.25, -0.2) is 18.0 Å². The molecule has 20 heavy (non-hydrogen) atoms. The van der Waals surface area contributed by atoms with Crippen LogP contribution in [0.1, 0.15) is 6.23 Å². The zero-order valence-electron chi connectivity index (χ0n) is 9.92. The molecule has 1 aliphatic rings. The summed E-state index contributed by atoms with van der Waals surface area (Å²) in [6.45, 7) is -2.42. The maximum Gasteiger partial charge on any atom is 0.328 e. The number of hydrogen-bond acceptors (Lipinski definition) is 5. The first-order chi connectivity index (χ1) is 9.35. The maximum absolute atomic E-state index is 13.9. The molecule has 0 spiro atoms. The van der Waals surface area contributed by atoms with Gasteiger partial charge in [0.1, 0.15) is 17.4 Å². The molecule has 112 valence electrons. The molecular formula is C10H11F3N2O4S. The van der Waals surface area contributed by atoms with Crippen molar-refractivity contribution in [3.05, 3.63) is 27.1 Å². The van der Waals surface area contributed by atoms with Crippen LogP contribution in [0.15, 0.2) is 11.0 Å². The first-order valence-electron chi connectivity index (χ1n) is 5.55. The second-order valence-electron chi connectivity index (χ2n) is 4.38. The van der Waals surface area contributed by atoms with Gasteiger partial charge >= 0.3 is 5.69 Å². The lowest BCUT2D eigenvalue weighted by Crippen LogP contribution is -2.48. The highest BCUT2D eigenvalue weighted by atomic mass is 32.1. The zero-order valence-corrected chi connectivity index (χ0v) is 10.7. The summed E-state index contributed by atoms with van der Waals surface area (Å²) >= 11 is 4.49. The highest BCUT2D eigenvalue weighted by Gasteiger charge is 2.58. The third-order valence-electron chi connectivity index (χ3n) is 3.11. The fraction of sp³-hybridized carbons (Fsp3) is 0.600. The Morgan fingerprint density at radius 2 is 2.25 bits per heavy atom. The molecule has 1 saturated heterocycles. The molecule has 4 atom stereocenters. The van der Waals surface area contributed by atoms with Crippen molar-refractivity contribution in [2.75, 3.05) is 13.3 Å². The van der Waals surface area contributed by atoms with Gasteiger partial charge in [-0.2, -0.15) is 0 Å². The van der Waals surface area contributed by atoms with Crippen LogP contribution < -0.4 is 5.69 Å². The first kappa shape index (κ1) is 15.2. The van der Waals surface area contributed by atoms with Gasteiger partial charge in [0.05, 0.1) is 12.8 Å². The van der Waals surface area contributed by atoms with Crippen LogP contribution in [0.3, 0.4) is 0 Å². The summed E-state index contributed by atoms with van der Waals surface area (Å²) in [4.78, 5) is 13.6. The number of alkyl halides is 2. The first-order valence-corrected chi connectivity index (χ1v) is 5.95. The van der Waals surface area contributed by atoms with E-state index in [-0.39, 0.29) is 0 Å². The lowest BCUT2D eigenvalue weighted by Gasteiger charge is -2.27. The number of rotatable bonds is 3. The van der Waals surface area contributed by atoms with E-state index < -0.39 is 53.5 Å². The number of hydrogen-bond donors (Lipinski definition) is 3. The Morgan fingerprint density at radius 3 is 2.80 bits per heavy atom. The summed E-state index contributed by atoms with van der Waals surface area (Å²) in [7, 11) is 0. The van der Waals surface area contributed by atoms with Gasteiger partial charge in [-0.05, 0) is 0 Å². The minimum absolute atomic E-state index is 0.465. The molecule has 0 bridgehead atoms. The highest BCUT2D eigenvalue weighted by Crippen LogP contribution is 2.39. The van der Waals surface area contributed by atoms with Crippen molar-refractivity contribution < 1.29 is 28.1 Å². The maximum atomic E-state index is 13.9. The van der Waals surface area contributed by atoms with Gasteiger partial charge in [0.2, 0.25) is 0 Å². The van der Waals surface area contributed by atoms with Crippen LogP contribution in [0.5, 0.6) is 0 Å². The lowest BCUT2D eigenvalue weighted by atomic mass is 9.97. The molecule has 6 nitrogen and oxygen atoms in total. The average Bonchev–Trinajstić information content (AvgIpc) is 2.67. The number of nitrogens with one attached hydrogen (secondary N) is 1. The molecule has 0 saturated carbocycles. The fourth-order valence-corrected chi connectivity index (χ4v) is 2.17. The smallest absolute Gasteiger partial charge is 0.328 e. The molecule has 1 aromatic rings. The summed E-state index contributed by atoms with van der Waals surface area (Å²) in [5, 5.41) is 18.9. The molecule has 1 unspecified atom stereocenters. The SMILES string of the molecule is O=c1[nH]c(=S)c(F)cn1[C@@H]1O[C@H](CO)[C@H](F)C1(O)CF. The van der Waals surface area contributed by atoms with Crippen LogP contribution in [0.4, 0.5) is 13.2 Å². The van der Waals surface area contributed by atoms with Gasteiger partial charge in [-0.15, -0.1) is 0 Å². The topological polar surface area (TPSA) is 87.5 Å². The minimum atomic E-state index is -2.71. The summed E-state index contributed by atoms with van der Waals surface area (Å²) in [6.07, 6.45) is -5.05. The number of halogens is 3. The monoisotopic (exact) mass is 312 g/mol. The molecule has 1 fully saturated rings. The number of aromatic nitrogens is 2. The standard InChI is InChI=1S/C10H11F3N2O4S/c11-3-10(18)6(13)5(2-16)19-8(10)15-1-4(12)7(20)14-9(15)17/h1,5-6,8,16,18H,2-3H2,(H,14,17,20)/t5-,6+,8-,10?/m1/s1. The van der Waals surface area contributed by atoms with E-state index in [4.69, 9.17) is 9.84 Å². The Kier molecular flexibility index (Phi) is 4.00. The Morgan fingerprint density at radius 1 is 1.60 bits per heavy atom. The van der Waals surface area contributed by atoms with Gasteiger partial charge in [0.15, 0.2) is 23.8 Å². The second-order valence-corrected chi connectivity index (χ2v) is 4.79. The molecular weight excluding hydrogens is 301 g/mol. The third-order valence-corrected chi connectivity index (χ3v) is 3.40. The number of aliphatic hydroxyl groups excluding tert-OH is 1. The second kappa shape index (κ2) is 5.28. The average molecular weight is 312 g/mol. The van der Waals surface area contributed by atoms with Gasteiger partial charge in [0, 0.05) is 0 Å². The van der Waals surface area contributed by atoms with E-state index >= 15 is 0 Å². The molecule has 10 heteroatoms. The van der Waals surface area contributed by atoms with Crippen LogP contribution in [0.2, 0.25) is 0 Å². The number of aliphatic hydroxyl groups is 2. The molecule has 2 heterocycles. The van der Waals surface area contributed by atoms with Crippen LogP contribution in [-0.2, 0) is 4.74 Å². The molecule has 0 aromatic carbocycles. The van der Waals surface area contributed by atoms with Crippen molar-refractivity contribution in [3.8, 4) is 0 Å². The molecule has 0 aliphatic carbocycles. The molecule has 1 aromatic heterocycles.